The van der Waals surface area contributed by atoms with Crippen molar-refractivity contribution in [2.45, 2.75) is 13.5 Å². The first kappa shape index (κ1) is 16.1. The van der Waals surface area contributed by atoms with E-state index in [9.17, 15) is 8.42 Å². The third-order valence-corrected chi connectivity index (χ3v) is 3.47. The van der Waals surface area contributed by atoms with E-state index in [0.717, 1.165) is 0 Å². The van der Waals surface area contributed by atoms with Crippen molar-refractivity contribution in [1.82, 2.24) is 9.97 Å². The molecule has 0 fully saturated rings. The molecule has 0 atom stereocenters. The monoisotopic (exact) mass is 307 g/mol. The number of anilines is 1. The van der Waals surface area contributed by atoms with Crippen LogP contribution < -0.4 is 4.90 Å². The van der Waals surface area contributed by atoms with Gasteiger partial charge in [-0.3, -0.25) is 0 Å². The van der Waals surface area contributed by atoms with E-state index in [0.29, 0.717) is 29.9 Å². The first-order chi connectivity index (χ1) is 8.81. The SMILES string of the molecule is CCOCc1nc(Cl)cc(N(C)CCS(C)(=O)=O)n1. The molecule has 0 aromatic carbocycles. The van der Waals surface area contributed by atoms with Crippen LogP contribution in [-0.4, -0.2) is 50.6 Å². The number of nitrogens with zero attached hydrogens (tertiary/aromatic N) is 3. The molecular weight excluding hydrogens is 290 g/mol. The minimum atomic E-state index is -3.00. The summed E-state index contributed by atoms with van der Waals surface area (Å²) in [5, 5.41) is 0.311. The number of ether oxygens (including phenoxy) is 1. The molecule has 1 rings (SSSR count). The summed E-state index contributed by atoms with van der Waals surface area (Å²) in [5.74, 6) is 1.13. The molecule has 0 spiro atoms. The Kier molecular flexibility index (Phi) is 5.96. The topological polar surface area (TPSA) is 72.4 Å². The van der Waals surface area contributed by atoms with Crippen molar-refractivity contribution >= 4 is 27.3 Å². The predicted octanol–water partition coefficient (Wildman–Crippen LogP) is 1.15. The molecule has 6 nitrogen and oxygen atoms in total. The second-order valence-corrected chi connectivity index (χ2v) is 6.80. The summed E-state index contributed by atoms with van der Waals surface area (Å²) in [6, 6.07) is 1.60. The van der Waals surface area contributed by atoms with Gasteiger partial charge in [-0.15, -0.1) is 0 Å². The molecule has 0 aliphatic rings. The third-order valence-electron chi connectivity index (χ3n) is 2.35. The zero-order valence-electron chi connectivity index (χ0n) is 11.3. The van der Waals surface area contributed by atoms with E-state index in [-0.39, 0.29) is 12.4 Å². The van der Waals surface area contributed by atoms with Gasteiger partial charge in [0.25, 0.3) is 0 Å². The molecule has 1 heterocycles. The van der Waals surface area contributed by atoms with Gasteiger partial charge in [0.2, 0.25) is 0 Å². The van der Waals surface area contributed by atoms with Crippen LogP contribution in [-0.2, 0) is 21.2 Å². The average molecular weight is 308 g/mol. The molecular formula is C11H18ClN3O3S. The summed E-state index contributed by atoms with van der Waals surface area (Å²) in [5.41, 5.74) is 0. The summed E-state index contributed by atoms with van der Waals surface area (Å²) in [6.07, 6.45) is 1.20. The smallest absolute Gasteiger partial charge is 0.158 e. The molecule has 1 aromatic rings. The minimum Gasteiger partial charge on any atom is -0.374 e. The molecule has 19 heavy (non-hydrogen) atoms. The van der Waals surface area contributed by atoms with E-state index in [2.05, 4.69) is 9.97 Å². The Balaban J connectivity index is 2.78. The van der Waals surface area contributed by atoms with Crippen molar-refractivity contribution < 1.29 is 13.2 Å². The highest BCUT2D eigenvalue weighted by Gasteiger charge is 2.10. The van der Waals surface area contributed by atoms with E-state index in [1.165, 1.54) is 6.26 Å². The van der Waals surface area contributed by atoms with E-state index < -0.39 is 9.84 Å². The lowest BCUT2D eigenvalue weighted by molar-refractivity contribution is 0.128. The van der Waals surface area contributed by atoms with Gasteiger partial charge in [-0.1, -0.05) is 11.6 Å². The van der Waals surface area contributed by atoms with Gasteiger partial charge in [-0.2, -0.15) is 0 Å². The second-order valence-electron chi connectivity index (χ2n) is 4.15. The van der Waals surface area contributed by atoms with Gasteiger partial charge in [0.1, 0.15) is 27.4 Å². The van der Waals surface area contributed by atoms with Crippen LogP contribution in [0.3, 0.4) is 0 Å². The maximum absolute atomic E-state index is 11.1. The van der Waals surface area contributed by atoms with Crippen molar-refractivity contribution in [3.63, 3.8) is 0 Å². The molecule has 1 aromatic heterocycles. The predicted molar refractivity (Wildman–Crippen MR) is 75.4 cm³/mol. The van der Waals surface area contributed by atoms with Crippen molar-refractivity contribution in [1.29, 1.82) is 0 Å². The molecule has 0 saturated heterocycles. The fourth-order valence-corrected chi connectivity index (χ4v) is 2.12. The molecule has 0 bridgehead atoms. The van der Waals surface area contributed by atoms with Gasteiger partial charge >= 0.3 is 0 Å². The molecule has 0 aliphatic carbocycles. The molecule has 108 valence electrons. The Morgan fingerprint density at radius 1 is 1.42 bits per heavy atom. The van der Waals surface area contributed by atoms with Gasteiger partial charge in [-0.05, 0) is 6.92 Å². The molecule has 0 amide bonds. The first-order valence-corrected chi connectivity index (χ1v) is 8.25. The number of aromatic nitrogens is 2. The quantitative estimate of drug-likeness (QED) is 0.704. The summed E-state index contributed by atoms with van der Waals surface area (Å²) < 4.78 is 27.5. The van der Waals surface area contributed by atoms with E-state index >= 15 is 0 Å². The largest absolute Gasteiger partial charge is 0.374 e. The lowest BCUT2D eigenvalue weighted by atomic mass is 10.5. The Morgan fingerprint density at radius 3 is 2.68 bits per heavy atom. The maximum atomic E-state index is 11.1. The van der Waals surface area contributed by atoms with Gasteiger partial charge in [-0.25, -0.2) is 18.4 Å². The van der Waals surface area contributed by atoms with Crippen LogP contribution in [0.2, 0.25) is 5.15 Å². The van der Waals surface area contributed by atoms with Crippen molar-refractivity contribution in [2.75, 3.05) is 37.1 Å². The fraction of sp³-hybridized carbons (Fsp3) is 0.636. The van der Waals surface area contributed by atoms with Crippen molar-refractivity contribution in [3.05, 3.63) is 17.0 Å². The third kappa shape index (κ3) is 6.17. The Morgan fingerprint density at radius 2 is 2.11 bits per heavy atom. The van der Waals surface area contributed by atoms with Gasteiger partial charge in [0, 0.05) is 32.5 Å². The van der Waals surface area contributed by atoms with E-state index in [4.69, 9.17) is 16.3 Å². The zero-order valence-corrected chi connectivity index (χ0v) is 12.8. The summed E-state index contributed by atoms with van der Waals surface area (Å²) in [4.78, 5) is 10.1. The van der Waals surface area contributed by atoms with Crippen LogP contribution in [0, 0.1) is 0 Å². The summed E-state index contributed by atoms with van der Waals surface area (Å²) >= 11 is 5.91. The number of halogens is 1. The van der Waals surface area contributed by atoms with Gasteiger partial charge < -0.3 is 9.64 Å². The molecule has 0 saturated carbocycles. The van der Waals surface area contributed by atoms with E-state index in [1.54, 1.807) is 18.0 Å². The molecule has 8 heteroatoms. The van der Waals surface area contributed by atoms with Crippen LogP contribution in [0.5, 0.6) is 0 Å². The standard InChI is InChI=1S/C11H18ClN3O3S/c1-4-18-8-10-13-9(12)7-11(14-10)15(2)5-6-19(3,16)17/h7H,4-6,8H2,1-3H3. The van der Waals surface area contributed by atoms with Crippen LogP contribution in [0.15, 0.2) is 6.07 Å². The highest BCUT2D eigenvalue weighted by molar-refractivity contribution is 7.90. The lowest BCUT2D eigenvalue weighted by Crippen LogP contribution is -2.26. The zero-order chi connectivity index (χ0) is 14.5. The first-order valence-electron chi connectivity index (χ1n) is 5.82. The normalized spacial score (nSPS) is 11.6. The molecule has 0 unspecified atom stereocenters. The Labute approximate surface area is 118 Å². The van der Waals surface area contributed by atoms with Crippen LogP contribution >= 0.6 is 11.6 Å². The minimum absolute atomic E-state index is 0.0614. The van der Waals surface area contributed by atoms with E-state index in [1.807, 2.05) is 6.92 Å². The van der Waals surface area contributed by atoms with Crippen LogP contribution in [0.1, 0.15) is 12.7 Å². The van der Waals surface area contributed by atoms with Gasteiger partial charge in [0.15, 0.2) is 5.82 Å². The summed E-state index contributed by atoms with van der Waals surface area (Å²) in [7, 11) is -1.25. The van der Waals surface area contributed by atoms with Crippen molar-refractivity contribution in [3.8, 4) is 0 Å². The molecule has 0 N–H and O–H groups in total. The number of hydrogen-bond donors (Lipinski definition) is 0. The lowest BCUT2D eigenvalue weighted by Gasteiger charge is -2.18. The van der Waals surface area contributed by atoms with Crippen LogP contribution in [0.4, 0.5) is 5.82 Å². The highest BCUT2D eigenvalue weighted by Crippen LogP contribution is 2.15. The maximum Gasteiger partial charge on any atom is 0.158 e. The van der Waals surface area contributed by atoms with Crippen molar-refractivity contribution in [2.24, 2.45) is 0 Å². The fourth-order valence-electron chi connectivity index (χ4n) is 1.32. The average Bonchev–Trinajstić information content (AvgIpc) is 2.31. The van der Waals surface area contributed by atoms with Crippen LogP contribution in [0.25, 0.3) is 0 Å². The highest BCUT2D eigenvalue weighted by atomic mass is 35.5. The molecule has 0 radical (unpaired) electrons. The number of hydrogen-bond acceptors (Lipinski definition) is 6. The Bertz CT molecular complexity index is 522. The molecule has 0 aliphatic heterocycles. The summed E-state index contributed by atoms with van der Waals surface area (Å²) in [6.45, 7) is 3.07. The number of sulfone groups is 1. The van der Waals surface area contributed by atoms with Gasteiger partial charge in [0.05, 0.1) is 5.75 Å². The number of rotatable bonds is 7. The Hall–Kier alpha value is -0.920. The second kappa shape index (κ2) is 7.02.